The van der Waals surface area contributed by atoms with Gasteiger partial charge in [0.25, 0.3) is 11.8 Å². The average Bonchev–Trinajstić information content (AvgIpc) is 3.75. The van der Waals surface area contributed by atoms with Gasteiger partial charge in [-0.3, -0.25) is 39.0 Å². The number of ether oxygens (including phenoxy) is 5. The molecule has 0 aromatic heterocycles. The van der Waals surface area contributed by atoms with Gasteiger partial charge in [-0.2, -0.15) is 0 Å². The monoisotopic (exact) mass is 868 g/mol. The van der Waals surface area contributed by atoms with Crippen LogP contribution in [0.4, 0.5) is 22.7 Å². The summed E-state index contributed by atoms with van der Waals surface area (Å²) in [7, 11) is 5.75. The van der Waals surface area contributed by atoms with E-state index in [9.17, 15) is 24.3 Å². The van der Waals surface area contributed by atoms with Crippen molar-refractivity contribution in [3.8, 4) is 23.0 Å². The van der Waals surface area contributed by atoms with Crippen LogP contribution in [0.2, 0.25) is 0 Å². The van der Waals surface area contributed by atoms with E-state index in [1.54, 1.807) is 34.2 Å². The van der Waals surface area contributed by atoms with Crippen molar-refractivity contribution in [2.24, 2.45) is 9.98 Å². The fraction of sp³-hybridized carbons (Fsp3) is 0.318. The van der Waals surface area contributed by atoms with E-state index < -0.39 is 0 Å². The van der Waals surface area contributed by atoms with Crippen LogP contribution >= 0.6 is 15.9 Å². The molecule has 2 atom stereocenters. The number of carbonyl (C=O) groups is 4. The third kappa shape index (κ3) is 9.41. The van der Waals surface area contributed by atoms with Crippen LogP contribution in [-0.2, 0) is 31.9 Å². The zero-order valence-corrected chi connectivity index (χ0v) is 34.8. The van der Waals surface area contributed by atoms with Crippen molar-refractivity contribution in [1.29, 1.82) is 0 Å². The summed E-state index contributed by atoms with van der Waals surface area (Å²) in [4.78, 5) is 60.4. The Morgan fingerprint density at radius 2 is 1.19 bits per heavy atom. The molecule has 1 N–H and O–H groups in total. The van der Waals surface area contributed by atoms with E-state index in [0.717, 1.165) is 47.1 Å². The van der Waals surface area contributed by atoms with E-state index in [1.165, 1.54) is 34.5 Å². The van der Waals surface area contributed by atoms with E-state index >= 15 is 0 Å². The number of halogens is 1. The van der Waals surface area contributed by atoms with Gasteiger partial charge in [-0.15, -0.1) is 0 Å². The fourth-order valence-corrected chi connectivity index (χ4v) is 7.37. The molecular weight excluding hydrogens is 824 g/mol. The van der Waals surface area contributed by atoms with E-state index in [2.05, 4.69) is 35.4 Å². The molecule has 308 valence electrons. The summed E-state index contributed by atoms with van der Waals surface area (Å²) < 4.78 is 25.4. The van der Waals surface area contributed by atoms with Crippen molar-refractivity contribution >= 4 is 74.9 Å². The number of rotatable bonds is 10. The second-order valence-corrected chi connectivity index (χ2v) is 14.5. The topological polar surface area (TPSA) is 166 Å². The molecule has 0 aliphatic carbocycles. The molecule has 0 bridgehead atoms. The number of carbonyl (C=O) groups excluding carboxylic acids is 4. The summed E-state index contributed by atoms with van der Waals surface area (Å²) in [5.74, 6) is 0.550. The number of alkyl halides is 1. The van der Waals surface area contributed by atoms with E-state index in [-0.39, 0.29) is 53.8 Å². The van der Waals surface area contributed by atoms with Crippen molar-refractivity contribution < 1.29 is 48.0 Å². The van der Waals surface area contributed by atoms with Gasteiger partial charge in [0, 0.05) is 67.0 Å². The predicted molar refractivity (Wildman–Crippen MR) is 227 cm³/mol. The van der Waals surface area contributed by atoms with Crippen LogP contribution in [0, 0.1) is 0 Å². The van der Waals surface area contributed by atoms with Gasteiger partial charge >= 0.3 is 11.9 Å². The van der Waals surface area contributed by atoms with Crippen molar-refractivity contribution in [2.75, 3.05) is 50.2 Å². The van der Waals surface area contributed by atoms with Crippen LogP contribution in [-0.4, -0.2) is 93.7 Å². The van der Waals surface area contributed by atoms with E-state index in [4.69, 9.17) is 14.2 Å². The molecule has 4 heterocycles. The third-order valence-corrected chi connectivity index (χ3v) is 10.6. The first-order valence-corrected chi connectivity index (χ1v) is 20.1. The molecule has 8 rings (SSSR count). The van der Waals surface area contributed by atoms with Crippen LogP contribution in [0.15, 0.2) is 82.8 Å². The van der Waals surface area contributed by atoms with Gasteiger partial charge in [-0.05, 0) is 48.2 Å². The Bertz CT molecular complexity index is 2280. The molecule has 4 aromatic carbocycles. The summed E-state index contributed by atoms with van der Waals surface area (Å²) in [5.41, 5.74) is 6.04. The highest BCUT2D eigenvalue weighted by Gasteiger charge is 2.37. The number of hydrogen-bond acceptors (Lipinski definition) is 12. The minimum Gasteiger partial charge on any atom is -0.504 e. The van der Waals surface area contributed by atoms with E-state index in [0.29, 0.717) is 53.4 Å². The predicted octanol–water partition coefficient (Wildman–Crippen LogP) is 7.34. The van der Waals surface area contributed by atoms with E-state index in [1.807, 2.05) is 54.7 Å². The molecule has 0 fully saturated rings. The van der Waals surface area contributed by atoms with Gasteiger partial charge < -0.3 is 28.8 Å². The highest BCUT2D eigenvalue weighted by Crippen LogP contribution is 2.42. The lowest BCUT2D eigenvalue weighted by molar-refractivity contribution is -0.141. The van der Waals surface area contributed by atoms with Gasteiger partial charge in [-0.1, -0.05) is 52.3 Å². The first-order valence-electron chi connectivity index (χ1n) is 19.0. The maximum absolute atomic E-state index is 13.3. The van der Waals surface area contributed by atoms with Crippen molar-refractivity contribution in [3.63, 3.8) is 0 Å². The molecule has 4 aliphatic heterocycles. The molecule has 15 heteroatoms. The van der Waals surface area contributed by atoms with Crippen LogP contribution in [0.3, 0.4) is 0 Å². The Morgan fingerprint density at radius 3 is 1.69 bits per heavy atom. The minimum absolute atomic E-state index is 0.0198. The Morgan fingerprint density at radius 1 is 0.695 bits per heavy atom. The number of phenolic OH excluding ortho intramolecular Hbond substituents is 1. The van der Waals surface area contributed by atoms with Crippen molar-refractivity contribution in [3.05, 3.63) is 95.1 Å². The van der Waals surface area contributed by atoms with Gasteiger partial charge in [0.05, 0.1) is 69.6 Å². The number of phenols is 1. The lowest BCUT2D eigenvalue weighted by Gasteiger charge is -2.22. The number of benzene rings is 4. The lowest BCUT2D eigenvalue weighted by atomic mass is 10.1. The second-order valence-electron chi connectivity index (χ2n) is 13.7. The standard InChI is InChI=1S/C22H22N2O5.C17H14N2O3.C5H9BrO2/c1-27-19-11-16-17(12-20(19)29-9-5-8-21(25)28-2)23-13-15-10-14-6-3-4-7-18(14)24(15)22(16)26;1-22-16-7-12-13(8-15(16)20)18-9-11-6-10-4-2-3-5-14(10)19(11)17(12)21;1-8-5(7)3-2-4-6/h3-4,6-7,11-13,15H,5,8-10H2,1-2H3;2-5,7-9,11,20H,6H2,1H3;2-4H2,1H3/t15-;11-;/m00./s1. The fourth-order valence-electron chi connectivity index (χ4n) is 7.09. The quantitative estimate of drug-likeness (QED) is 0.0969. The van der Waals surface area contributed by atoms with Crippen LogP contribution in [0.25, 0.3) is 0 Å². The summed E-state index contributed by atoms with van der Waals surface area (Å²) in [6, 6.07) is 22.0. The number of esters is 2. The molecule has 14 nitrogen and oxygen atoms in total. The van der Waals surface area contributed by atoms with Gasteiger partial charge in [0.15, 0.2) is 23.0 Å². The number of anilines is 2. The molecule has 0 spiro atoms. The molecule has 4 aliphatic rings. The van der Waals surface area contributed by atoms with Crippen molar-refractivity contribution in [1.82, 2.24) is 0 Å². The van der Waals surface area contributed by atoms with Gasteiger partial charge in [-0.25, -0.2) is 0 Å². The molecule has 0 saturated heterocycles. The third-order valence-electron chi connectivity index (χ3n) is 10.0. The average molecular weight is 870 g/mol. The van der Waals surface area contributed by atoms with Gasteiger partial charge in [0.2, 0.25) is 0 Å². The zero-order valence-electron chi connectivity index (χ0n) is 33.2. The molecular formula is C44H45BrN4O10. The van der Waals surface area contributed by atoms with Crippen LogP contribution in [0.1, 0.15) is 57.5 Å². The normalized spacial score (nSPS) is 16.2. The first kappa shape index (κ1) is 42.4. The minimum atomic E-state index is -0.279. The molecule has 2 amide bonds. The number of aromatic hydroxyl groups is 1. The summed E-state index contributed by atoms with van der Waals surface area (Å²) >= 11 is 3.20. The maximum atomic E-state index is 13.3. The molecule has 0 radical (unpaired) electrons. The number of amides is 2. The second kappa shape index (κ2) is 19.5. The smallest absolute Gasteiger partial charge is 0.305 e. The number of hydrogen-bond donors (Lipinski definition) is 1. The summed E-state index contributed by atoms with van der Waals surface area (Å²) in [6.07, 6.45) is 7.25. The number of aliphatic imine (C=N–C) groups is 2. The van der Waals surface area contributed by atoms with Crippen molar-refractivity contribution in [2.45, 2.75) is 50.6 Å². The largest absolute Gasteiger partial charge is 0.504 e. The number of fused-ring (bicyclic) bond motifs is 8. The zero-order chi connectivity index (χ0) is 42.1. The Kier molecular flexibility index (Phi) is 14.0. The SMILES string of the molecule is COC(=O)CCCBr.COC(=O)CCCOc1cc2c(cc1OC)C(=O)N1c3ccccc3C[C@H]1C=N2.COc1cc2c(cc1O)N=C[C@@H]1Cc3ccccc3N1C2=O. The lowest BCUT2D eigenvalue weighted by Crippen LogP contribution is -2.37. The number of para-hydroxylation sites is 2. The Hall–Kier alpha value is -6.22. The van der Waals surface area contributed by atoms with Crippen LogP contribution in [0.5, 0.6) is 23.0 Å². The molecule has 0 unspecified atom stereocenters. The molecule has 0 saturated carbocycles. The highest BCUT2D eigenvalue weighted by atomic mass is 79.9. The Balaban J connectivity index is 0.000000172. The maximum Gasteiger partial charge on any atom is 0.305 e. The highest BCUT2D eigenvalue weighted by molar-refractivity contribution is 9.09. The molecule has 59 heavy (non-hydrogen) atoms. The van der Waals surface area contributed by atoms with Gasteiger partial charge in [0.1, 0.15) is 0 Å². The summed E-state index contributed by atoms with van der Waals surface area (Å²) in [6.45, 7) is 0.323. The number of methoxy groups -OCH3 is 4. The summed E-state index contributed by atoms with van der Waals surface area (Å²) in [5, 5.41) is 10.7. The number of nitrogens with zero attached hydrogens (tertiary/aromatic N) is 4. The Labute approximate surface area is 350 Å². The first-order chi connectivity index (χ1) is 28.6. The van der Waals surface area contributed by atoms with Crippen LogP contribution < -0.4 is 24.0 Å². The molecule has 4 aromatic rings.